The Morgan fingerprint density at radius 3 is 2.65 bits per heavy atom. The predicted octanol–water partition coefficient (Wildman–Crippen LogP) is 2.90. The van der Waals surface area contributed by atoms with Crippen molar-refractivity contribution in [3.05, 3.63) is 18.2 Å². The van der Waals surface area contributed by atoms with E-state index in [2.05, 4.69) is 36.5 Å². The van der Waals surface area contributed by atoms with Crippen LogP contribution in [0.3, 0.4) is 0 Å². The first-order chi connectivity index (χ1) is 9.35. The standard InChI is InChI=1S/C16H27N3O/c1-6-16(4,5)15(20)19-10-13(11-19)9-18-8-7-17-14(18)12(2)3/h7-8,12-13H,6,9-11H2,1-5H3. The summed E-state index contributed by atoms with van der Waals surface area (Å²) in [6, 6.07) is 0. The van der Waals surface area contributed by atoms with E-state index in [4.69, 9.17) is 0 Å². The number of hydrogen-bond donors (Lipinski definition) is 0. The zero-order valence-corrected chi connectivity index (χ0v) is 13.4. The molecule has 1 fully saturated rings. The van der Waals surface area contributed by atoms with E-state index in [1.54, 1.807) is 0 Å². The van der Waals surface area contributed by atoms with E-state index >= 15 is 0 Å². The lowest BCUT2D eigenvalue weighted by Crippen LogP contribution is -2.55. The predicted molar refractivity (Wildman–Crippen MR) is 80.5 cm³/mol. The summed E-state index contributed by atoms with van der Waals surface area (Å²) in [7, 11) is 0. The van der Waals surface area contributed by atoms with Gasteiger partial charge in [-0.05, 0) is 6.42 Å². The van der Waals surface area contributed by atoms with Crippen molar-refractivity contribution in [2.24, 2.45) is 11.3 Å². The molecule has 1 saturated heterocycles. The van der Waals surface area contributed by atoms with Crippen LogP contribution in [0.2, 0.25) is 0 Å². The molecular weight excluding hydrogens is 250 g/mol. The third kappa shape index (κ3) is 2.89. The van der Waals surface area contributed by atoms with Crippen molar-refractivity contribution in [3.8, 4) is 0 Å². The van der Waals surface area contributed by atoms with E-state index in [1.807, 2.05) is 24.9 Å². The Kier molecular flexibility index (Phi) is 4.21. The molecule has 20 heavy (non-hydrogen) atoms. The molecule has 4 nitrogen and oxygen atoms in total. The monoisotopic (exact) mass is 277 g/mol. The first kappa shape index (κ1) is 15.1. The molecule has 1 aromatic rings. The van der Waals surface area contributed by atoms with Crippen molar-refractivity contribution in [2.45, 2.75) is 53.5 Å². The van der Waals surface area contributed by atoms with Gasteiger partial charge in [-0.25, -0.2) is 4.98 Å². The normalized spacial score (nSPS) is 16.6. The lowest BCUT2D eigenvalue weighted by atomic mass is 9.86. The summed E-state index contributed by atoms with van der Waals surface area (Å²) in [4.78, 5) is 18.7. The number of aromatic nitrogens is 2. The Morgan fingerprint density at radius 1 is 1.45 bits per heavy atom. The summed E-state index contributed by atoms with van der Waals surface area (Å²) in [5.41, 5.74) is -0.219. The molecule has 0 atom stereocenters. The van der Waals surface area contributed by atoms with Crippen molar-refractivity contribution < 1.29 is 4.79 Å². The first-order valence-electron chi connectivity index (χ1n) is 7.65. The summed E-state index contributed by atoms with van der Waals surface area (Å²) >= 11 is 0. The number of amides is 1. The van der Waals surface area contributed by atoms with Gasteiger partial charge in [-0.15, -0.1) is 0 Å². The summed E-state index contributed by atoms with van der Waals surface area (Å²) < 4.78 is 2.24. The van der Waals surface area contributed by atoms with E-state index in [0.717, 1.165) is 31.9 Å². The second-order valence-corrected chi connectivity index (χ2v) is 6.91. The minimum atomic E-state index is -0.219. The van der Waals surface area contributed by atoms with Gasteiger partial charge in [-0.1, -0.05) is 34.6 Å². The van der Waals surface area contributed by atoms with Crippen LogP contribution in [0.4, 0.5) is 0 Å². The topological polar surface area (TPSA) is 38.1 Å². The van der Waals surface area contributed by atoms with Gasteiger partial charge < -0.3 is 9.47 Å². The Labute approximate surface area is 122 Å². The van der Waals surface area contributed by atoms with Gasteiger partial charge in [0.05, 0.1) is 0 Å². The average Bonchev–Trinajstić information content (AvgIpc) is 2.80. The Hall–Kier alpha value is -1.32. The molecule has 0 bridgehead atoms. The lowest BCUT2D eigenvalue weighted by Gasteiger charge is -2.43. The molecule has 0 aliphatic carbocycles. The fourth-order valence-corrected chi connectivity index (χ4v) is 2.68. The summed E-state index contributed by atoms with van der Waals surface area (Å²) in [6.07, 6.45) is 4.82. The van der Waals surface area contributed by atoms with Crippen molar-refractivity contribution >= 4 is 5.91 Å². The van der Waals surface area contributed by atoms with Gasteiger partial charge in [0.1, 0.15) is 5.82 Å². The molecule has 0 radical (unpaired) electrons. The van der Waals surface area contributed by atoms with Crippen LogP contribution in [0.5, 0.6) is 0 Å². The SMILES string of the molecule is CCC(C)(C)C(=O)N1CC(Cn2ccnc2C(C)C)C1. The van der Waals surface area contributed by atoms with Crippen LogP contribution in [0, 0.1) is 11.3 Å². The zero-order chi connectivity index (χ0) is 14.9. The molecule has 0 N–H and O–H groups in total. The minimum absolute atomic E-state index is 0.219. The summed E-state index contributed by atoms with van der Waals surface area (Å²) in [5, 5.41) is 0. The molecule has 0 saturated carbocycles. The quantitative estimate of drug-likeness (QED) is 0.830. The van der Waals surface area contributed by atoms with Crippen molar-refractivity contribution in [1.82, 2.24) is 14.5 Å². The smallest absolute Gasteiger partial charge is 0.228 e. The Bertz CT molecular complexity index is 470. The second-order valence-electron chi connectivity index (χ2n) is 6.91. The van der Waals surface area contributed by atoms with Crippen LogP contribution in [0.1, 0.15) is 52.8 Å². The highest BCUT2D eigenvalue weighted by molar-refractivity contribution is 5.82. The third-order valence-electron chi connectivity index (χ3n) is 4.43. The van der Waals surface area contributed by atoms with E-state index in [0.29, 0.717) is 17.7 Å². The number of carbonyl (C=O) groups excluding carboxylic acids is 1. The molecule has 4 heteroatoms. The number of likely N-dealkylation sites (tertiary alicyclic amines) is 1. The molecule has 0 aromatic carbocycles. The molecule has 1 aliphatic heterocycles. The maximum atomic E-state index is 12.3. The van der Waals surface area contributed by atoms with Gasteiger partial charge in [0.25, 0.3) is 0 Å². The van der Waals surface area contributed by atoms with Crippen molar-refractivity contribution in [3.63, 3.8) is 0 Å². The maximum Gasteiger partial charge on any atom is 0.228 e. The van der Waals surface area contributed by atoms with Gasteiger partial charge in [-0.2, -0.15) is 0 Å². The van der Waals surface area contributed by atoms with Crippen LogP contribution in [0.15, 0.2) is 12.4 Å². The number of imidazole rings is 1. The summed E-state index contributed by atoms with van der Waals surface area (Å²) in [5.74, 6) is 2.45. The van der Waals surface area contributed by atoms with E-state index < -0.39 is 0 Å². The van der Waals surface area contributed by atoms with Gasteiger partial charge in [-0.3, -0.25) is 4.79 Å². The lowest BCUT2D eigenvalue weighted by molar-refractivity contribution is -0.147. The highest BCUT2D eigenvalue weighted by atomic mass is 16.2. The fraction of sp³-hybridized carbons (Fsp3) is 0.750. The molecule has 112 valence electrons. The summed E-state index contributed by atoms with van der Waals surface area (Å²) in [6.45, 7) is 13.2. The van der Waals surface area contributed by atoms with Gasteiger partial charge in [0, 0.05) is 49.3 Å². The maximum absolute atomic E-state index is 12.3. The second kappa shape index (κ2) is 5.58. The van der Waals surface area contributed by atoms with Crippen LogP contribution >= 0.6 is 0 Å². The van der Waals surface area contributed by atoms with E-state index in [9.17, 15) is 4.79 Å². The number of nitrogens with zero attached hydrogens (tertiary/aromatic N) is 3. The molecule has 2 heterocycles. The molecule has 1 aromatic heterocycles. The van der Waals surface area contributed by atoms with Crippen LogP contribution in [-0.4, -0.2) is 33.4 Å². The number of carbonyl (C=O) groups is 1. The Balaban J connectivity index is 1.88. The van der Waals surface area contributed by atoms with Gasteiger partial charge >= 0.3 is 0 Å². The molecule has 0 unspecified atom stereocenters. The highest BCUT2D eigenvalue weighted by Gasteiger charge is 2.37. The number of hydrogen-bond acceptors (Lipinski definition) is 2. The average molecular weight is 277 g/mol. The number of rotatable bonds is 5. The molecular formula is C16H27N3O. The van der Waals surface area contributed by atoms with E-state index in [-0.39, 0.29) is 5.41 Å². The molecule has 1 amide bonds. The van der Waals surface area contributed by atoms with Gasteiger partial charge in [0.15, 0.2) is 0 Å². The van der Waals surface area contributed by atoms with Crippen LogP contribution in [0.25, 0.3) is 0 Å². The van der Waals surface area contributed by atoms with Crippen LogP contribution < -0.4 is 0 Å². The third-order valence-corrected chi connectivity index (χ3v) is 4.43. The highest BCUT2D eigenvalue weighted by Crippen LogP contribution is 2.28. The largest absolute Gasteiger partial charge is 0.341 e. The fourth-order valence-electron chi connectivity index (χ4n) is 2.68. The van der Waals surface area contributed by atoms with Crippen molar-refractivity contribution in [1.29, 1.82) is 0 Å². The van der Waals surface area contributed by atoms with Crippen molar-refractivity contribution in [2.75, 3.05) is 13.1 Å². The van der Waals surface area contributed by atoms with Gasteiger partial charge in [0.2, 0.25) is 5.91 Å². The Morgan fingerprint density at radius 2 is 2.10 bits per heavy atom. The molecule has 1 aliphatic rings. The minimum Gasteiger partial charge on any atom is -0.341 e. The molecule has 0 spiro atoms. The van der Waals surface area contributed by atoms with E-state index in [1.165, 1.54) is 0 Å². The molecule has 2 rings (SSSR count). The first-order valence-corrected chi connectivity index (χ1v) is 7.65. The van der Waals surface area contributed by atoms with Crippen LogP contribution in [-0.2, 0) is 11.3 Å². The zero-order valence-electron chi connectivity index (χ0n) is 13.4.